The topological polar surface area (TPSA) is 245 Å². The zero-order chi connectivity index (χ0) is 32.8. The van der Waals surface area contributed by atoms with Crippen LogP contribution < -0.4 is 21.4 Å². The van der Waals surface area contributed by atoms with Crippen molar-refractivity contribution in [3.63, 3.8) is 0 Å². The molecule has 17 nitrogen and oxygen atoms in total. The van der Waals surface area contributed by atoms with Crippen molar-refractivity contribution in [2.45, 2.75) is 49.4 Å². The fourth-order valence-corrected chi connectivity index (χ4v) is 7.54. The van der Waals surface area contributed by atoms with Crippen LogP contribution in [-0.2, 0) is 31.1 Å². The van der Waals surface area contributed by atoms with Gasteiger partial charge in [-0.15, -0.1) is 23.1 Å². The number of amides is 2. The number of nitrogens with zero attached hydrogens (tertiary/aromatic N) is 7. The Bertz CT molecular complexity index is 1800. The second-order valence-corrected chi connectivity index (χ2v) is 13.2. The van der Waals surface area contributed by atoms with Gasteiger partial charge in [0, 0.05) is 22.0 Å². The van der Waals surface area contributed by atoms with E-state index in [1.54, 1.807) is 22.3 Å². The lowest BCUT2D eigenvalue weighted by Crippen LogP contribution is -2.71. The number of carbonyl (C=O) groups excluding carboxylic acids is 2. The third kappa shape index (κ3) is 5.75. The van der Waals surface area contributed by atoms with Crippen LogP contribution in [0.25, 0.3) is 5.65 Å². The molecule has 2 aliphatic rings. The molecule has 5 heterocycles. The molecular formula is C25H29N10O7S3+. The molecule has 238 valence electrons. The molecule has 2 amide bonds. The molecule has 1 saturated heterocycles. The third-order valence-corrected chi connectivity index (χ3v) is 10.4. The number of fused-ring (bicyclic) bond motifs is 2. The van der Waals surface area contributed by atoms with E-state index in [1.165, 1.54) is 35.8 Å². The minimum Gasteiger partial charge on any atom is -0.478 e. The van der Waals surface area contributed by atoms with Crippen molar-refractivity contribution in [2.75, 3.05) is 23.0 Å². The van der Waals surface area contributed by atoms with Gasteiger partial charge in [0.2, 0.25) is 5.60 Å². The van der Waals surface area contributed by atoms with E-state index in [0.29, 0.717) is 16.5 Å². The van der Waals surface area contributed by atoms with Gasteiger partial charge in [0.1, 0.15) is 28.6 Å². The van der Waals surface area contributed by atoms with E-state index in [4.69, 9.17) is 16.3 Å². The highest BCUT2D eigenvalue weighted by atomic mass is 32.2. The Balaban J connectivity index is 1.36. The number of thioether (sulfide) groups is 2. The van der Waals surface area contributed by atoms with Crippen LogP contribution in [0.1, 0.15) is 31.5 Å². The molecule has 0 aromatic carbocycles. The first-order valence-electron chi connectivity index (χ1n) is 13.3. The van der Waals surface area contributed by atoms with Gasteiger partial charge in [-0.25, -0.2) is 19.1 Å². The van der Waals surface area contributed by atoms with Gasteiger partial charge >= 0.3 is 11.9 Å². The number of nitrogens with one attached hydrogen (secondary N) is 1. The number of β-lactam (4-membered cyclic amide) rings is 1. The smallest absolute Gasteiger partial charge is 0.352 e. The molecule has 2 aliphatic heterocycles. The number of carboxylic acids is 2. The molecule has 2 unspecified atom stereocenters. The molecule has 7 N–H and O–H groups in total. The van der Waals surface area contributed by atoms with Crippen LogP contribution in [0.4, 0.5) is 10.9 Å². The average Bonchev–Trinajstić information content (AvgIpc) is 3.61. The third-order valence-electron chi connectivity index (χ3n) is 7.35. The number of hydrogen-bond donors (Lipinski definition) is 5. The maximum absolute atomic E-state index is 13.4. The van der Waals surface area contributed by atoms with Crippen molar-refractivity contribution in [3.05, 3.63) is 34.2 Å². The average molecular weight is 678 g/mol. The second kappa shape index (κ2) is 12.2. The van der Waals surface area contributed by atoms with E-state index >= 15 is 0 Å². The monoisotopic (exact) mass is 677 g/mol. The molecule has 3 aromatic heterocycles. The van der Waals surface area contributed by atoms with Crippen molar-refractivity contribution in [2.24, 2.45) is 12.2 Å². The van der Waals surface area contributed by atoms with E-state index in [0.717, 1.165) is 27.4 Å². The van der Waals surface area contributed by atoms with Crippen LogP contribution in [-0.4, -0.2) is 92.7 Å². The Morgan fingerprint density at radius 1 is 1.31 bits per heavy atom. The van der Waals surface area contributed by atoms with E-state index in [9.17, 15) is 29.4 Å². The van der Waals surface area contributed by atoms with Crippen molar-refractivity contribution in [1.82, 2.24) is 29.8 Å². The van der Waals surface area contributed by atoms with Crippen molar-refractivity contribution in [1.29, 1.82) is 0 Å². The Morgan fingerprint density at radius 2 is 2.04 bits per heavy atom. The summed E-state index contributed by atoms with van der Waals surface area (Å²) in [6, 6.07) is -1.09. The number of aliphatic carboxylic acids is 2. The summed E-state index contributed by atoms with van der Waals surface area (Å²) in [7, 11) is 1.82. The molecular weight excluding hydrogens is 649 g/mol. The van der Waals surface area contributed by atoms with Crippen LogP contribution in [0, 0.1) is 6.92 Å². The molecule has 0 radical (unpaired) electrons. The summed E-state index contributed by atoms with van der Waals surface area (Å²) in [5, 5.41) is 31.7. The van der Waals surface area contributed by atoms with Gasteiger partial charge in [-0.1, -0.05) is 23.8 Å². The molecule has 0 spiro atoms. The lowest BCUT2D eigenvalue weighted by atomic mass is 10.0. The van der Waals surface area contributed by atoms with Gasteiger partial charge in [0.15, 0.2) is 10.8 Å². The number of anilines is 2. The largest absolute Gasteiger partial charge is 0.478 e. The Kier molecular flexibility index (Phi) is 8.64. The van der Waals surface area contributed by atoms with Gasteiger partial charge in [-0.3, -0.25) is 14.5 Å². The van der Waals surface area contributed by atoms with Crippen LogP contribution in [0.5, 0.6) is 0 Å². The highest BCUT2D eigenvalue weighted by Gasteiger charge is 2.54. The highest BCUT2D eigenvalue weighted by Crippen LogP contribution is 2.41. The summed E-state index contributed by atoms with van der Waals surface area (Å²) in [4.78, 5) is 65.6. The number of nitrogens with two attached hydrogens (primary N) is 2. The first kappa shape index (κ1) is 32.0. The molecule has 45 heavy (non-hydrogen) atoms. The molecule has 0 saturated carbocycles. The summed E-state index contributed by atoms with van der Waals surface area (Å²) in [5.74, 6) is -3.32. The van der Waals surface area contributed by atoms with E-state index in [1.807, 2.05) is 14.0 Å². The molecule has 0 bridgehead atoms. The predicted molar refractivity (Wildman–Crippen MR) is 164 cm³/mol. The van der Waals surface area contributed by atoms with Crippen LogP contribution in [0.2, 0.25) is 0 Å². The number of aryl methyl sites for hydroxylation is 2. The molecule has 20 heteroatoms. The van der Waals surface area contributed by atoms with Crippen molar-refractivity contribution >= 4 is 80.9 Å². The lowest BCUT2D eigenvalue weighted by molar-refractivity contribution is -0.646. The molecule has 1 fully saturated rings. The van der Waals surface area contributed by atoms with Gasteiger partial charge in [0.05, 0.1) is 12.6 Å². The minimum atomic E-state index is -1.73. The van der Waals surface area contributed by atoms with Crippen LogP contribution >= 0.6 is 34.9 Å². The standard InChI is InChI=1S/C25H28N10O7S3/c1-5-25(3,22(40)41)42-32-13(12-8-44-23(27)29-12)17(36)30-14-19(37)34-15(21(38)39)11(6-43-20(14)34)7-45-24-31-16(26)10(2)18-33(4)9-28-35(18)24/h8-9,14,20,26H,5-7H2,1-4H3,(H5,27,29,30,36,38,39,40,41)/p+1/b32-13-/t14?,20-,25?/m1/s1. The normalized spacial score (nSPS) is 19.6. The number of aromatic nitrogens is 5. The first-order valence-corrected chi connectivity index (χ1v) is 16.2. The second-order valence-electron chi connectivity index (χ2n) is 10.3. The van der Waals surface area contributed by atoms with Gasteiger partial charge < -0.3 is 31.8 Å². The summed E-state index contributed by atoms with van der Waals surface area (Å²) >= 11 is 3.54. The van der Waals surface area contributed by atoms with Gasteiger partial charge in [0.25, 0.3) is 28.9 Å². The van der Waals surface area contributed by atoms with E-state index < -0.39 is 40.8 Å². The Labute approximate surface area is 267 Å². The maximum atomic E-state index is 13.4. The SMILES string of the molecule is CCC(C)(O/N=C(\C(=O)NC1C(=O)N2C(C(=O)O)=C(CSc3nc(N)c(C)c4n3nc[n+]4C)CS[C@H]12)c1csc(N)n1)C(=O)O. The number of rotatable bonds is 11. The van der Waals surface area contributed by atoms with Gasteiger partial charge in [-0.2, -0.15) is 4.98 Å². The Hall–Kier alpha value is -4.43. The van der Waals surface area contributed by atoms with E-state index in [-0.39, 0.29) is 40.2 Å². The van der Waals surface area contributed by atoms with Crippen molar-refractivity contribution in [3.8, 4) is 0 Å². The summed E-state index contributed by atoms with van der Waals surface area (Å²) < 4.78 is 3.42. The zero-order valence-electron chi connectivity index (χ0n) is 24.4. The maximum Gasteiger partial charge on any atom is 0.352 e. The van der Waals surface area contributed by atoms with Crippen molar-refractivity contribution < 1.29 is 38.8 Å². The molecule has 0 aliphatic carbocycles. The number of thiazole rings is 1. The zero-order valence-corrected chi connectivity index (χ0v) is 26.8. The first-order chi connectivity index (χ1) is 21.3. The molecule has 3 atom stereocenters. The summed E-state index contributed by atoms with van der Waals surface area (Å²) in [6.07, 6.45) is 1.66. The number of hydrogen-bond acceptors (Lipinski definition) is 14. The number of carboxylic acid groups (broad SMARTS) is 2. The molecule has 5 rings (SSSR count). The predicted octanol–water partition coefficient (Wildman–Crippen LogP) is -0.0120. The number of oxime groups is 1. The summed E-state index contributed by atoms with van der Waals surface area (Å²) in [5.41, 5.74) is 11.5. The minimum absolute atomic E-state index is 0.0226. The fraction of sp³-hybridized carbons (Fsp3) is 0.400. The lowest BCUT2D eigenvalue weighted by Gasteiger charge is -2.49. The highest BCUT2D eigenvalue weighted by molar-refractivity contribution is 8.01. The Morgan fingerprint density at radius 3 is 2.67 bits per heavy atom. The fourth-order valence-electron chi connectivity index (χ4n) is 4.55. The van der Waals surface area contributed by atoms with Crippen LogP contribution in [0.15, 0.2) is 33.3 Å². The van der Waals surface area contributed by atoms with E-state index in [2.05, 4.69) is 25.5 Å². The van der Waals surface area contributed by atoms with Crippen LogP contribution in [0.3, 0.4) is 0 Å². The number of nitrogen functional groups attached to an aromatic ring is 2. The quantitative estimate of drug-likeness (QED) is 0.0448. The molecule has 3 aromatic rings. The number of carbonyl (C=O) groups is 4. The summed E-state index contributed by atoms with van der Waals surface area (Å²) in [6.45, 7) is 4.71. The van der Waals surface area contributed by atoms with Gasteiger partial charge in [-0.05, 0) is 30.4 Å².